The summed E-state index contributed by atoms with van der Waals surface area (Å²) >= 11 is 1.52. The van der Waals surface area contributed by atoms with Crippen molar-refractivity contribution in [3.05, 3.63) is 100 Å². The molecule has 1 aliphatic rings. The number of hydrogen-bond donors (Lipinski definition) is 1. The molecule has 1 N–H and O–H groups in total. The van der Waals surface area contributed by atoms with Crippen molar-refractivity contribution in [1.29, 1.82) is 0 Å². The van der Waals surface area contributed by atoms with Gasteiger partial charge in [-0.25, -0.2) is 4.98 Å². The van der Waals surface area contributed by atoms with Crippen molar-refractivity contribution < 1.29 is 14.3 Å². The van der Waals surface area contributed by atoms with Crippen LogP contribution in [0.5, 0.6) is 11.5 Å². The Hall–Kier alpha value is -3.84. The van der Waals surface area contributed by atoms with E-state index in [1.54, 1.807) is 30.8 Å². The molecule has 2 heterocycles. The molecule has 0 radical (unpaired) electrons. The summed E-state index contributed by atoms with van der Waals surface area (Å²) < 4.78 is 11.3. The number of hydrogen-bond acceptors (Lipinski definition) is 6. The van der Waals surface area contributed by atoms with E-state index in [1.165, 1.54) is 22.6 Å². The Kier molecular flexibility index (Phi) is 6.44. The molecule has 0 spiro atoms. The third-order valence-corrected chi connectivity index (χ3v) is 6.53. The summed E-state index contributed by atoms with van der Waals surface area (Å²) in [6, 6.07) is 21.6. The zero-order chi connectivity index (χ0) is 23.3. The smallest absolute Gasteiger partial charge is 0.255 e. The van der Waals surface area contributed by atoms with Gasteiger partial charge >= 0.3 is 0 Å². The van der Waals surface area contributed by atoms with Crippen molar-refractivity contribution in [2.24, 2.45) is 0 Å². The van der Waals surface area contributed by atoms with E-state index >= 15 is 0 Å². The van der Waals surface area contributed by atoms with Gasteiger partial charge in [0.05, 0.1) is 18.3 Å². The predicted molar refractivity (Wildman–Crippen MR) is 135 cm³/mol. The number of ether oxygens (including phenoxy) is 2. The summed E-state index contributed by atoms with van der Waals surface area (Å²) in [6.45, 7) is 2.06. The van der Waals surface area contributed by atoms with Gasteiger partial charge in [0.1, 0.15) is 6.61 Å². The molecular formula is C27H25N3O3S. The molecule has 0 saturated heterocycles. The highest BCUT2D eigenvalue weighted by Crippen LogP contribution is 2.31. The molecule has 1 aliphatic heterocycles. The first-order chi connectivity index (χ1) is 16.7. The van der Waals surface area contributed by atoms with Crippen LogP contribution >= 0.6 is 11.3 Å². The van der Waals surface area contributed by atoms with Crippen LogP contribution in [0.4, 0.5) is 11.4 Å². The second kappa shape index (κ2) is 9.97. The van der Waals surface area contributed by atoms with Gasteiger partial charge in [-0.15, -0.1) is 11.3 Å². The van der Waals surface area contributed by atoms with Crippen molar-refractivity contribution >= 4 is 28.6 Å². The number of anilines is 2. The van der Waals surface area contributed by atoms with Crippen molar-refractivity contribution in [3.8, 4) is 11.5 Å². The van der Waals surface area contributed by atoms with Crippen LogP contribution in [-0.2, 0) is 19.6 Å². The number of nitrogens with one attached hydrogen (secondary N) is 1. The number of benzene rings is 3. The van der Waals surface area contributed by atoms with Gasteiger partial charge in [-0.05, 0) is 47.9 Å². The molecule has 172 valence electrons. The third kappa shape index (κ3) is 4.75. The van der Waals surface area contributed by atoms with Crippen LogP contribution in [0, 0.1) is 0 Å². The summed E-state index contributed by atoms with van der Waals surface area (Å²) in [7, 11) is 1.57. The first-order valence-electron chi connectivity index (χ1n) is 11.1. The summed E-state index contributed by atoms with van der Waals surface area (Å²) in [5.41, 5.74) is 7.63. The molecule has 0 unspecified atom stereocenters. The summed E-state index contributed by atoms with van der Waals surface area (Å²) in [5.74, 6) is 0.878. The fourth-order valence-electron chi connectivity index (χ4n) is 4.14. The highest BCUT2D eigenvalue weighted by Gasteiger charge is 2.20. The molecule has 5 rings (SSSR count). The quantitative estimate of drug-likeness (QED) is 0.365. The highest BCUT2D eigenvalue weighted by molar-refractivity contribution is 7.07. The molecule has 0 atom stereocenters. The molecule has 0 fully saturated rings. The number of aromatic nitrogens is 1. The van der Waals surface area contributed by atoms with E-state index in [1.807, 2.05) is 23.6 Å². The number of rotatable bonds is 8. The first-order valence-corrected chi connectivity index (χ1v) is 12.1. The summed E-state index contributed by atoms with van der Waals surface area (Å²) in [4.78, 5) is 19.7. The van der Waals surface area contributed by atoms with E-state index in [0.29, 0.717) is 23.7 Å². The van der Waals surface area contributed by atoms with Gasteiger partial charge in [0.15, 0.2) is 11.5 Å². The lowest BCUT2D eigenvalue weighted by Crippen LogP contribution is -2.21. The molecule has 3 aromatic carbocycles. The van der Waals surface area contributed by atoms with E-state index in [-0.39, 0.29) is 5.91 Å². The van der Waals surface area contributed by atoms with Gasteiger partial charge < -0.3 is 19.7 Å². The average Bonchev–Trinajstić information content (AvgIpc) is 3.54. The van der Waals surface area contributed by atoms with E-state index in [4.69, 9.17) is 9.47 Å². The summed E-state index contributed by atoms with van der Waals surface area (Å²) in [5, 5.41) is 5.02. The molecule has 34 heavy (non-hydrogen) atoms. The van der Waals surface area contributed by atoms with Crippen LogP contribution in [0.15, 0.2) is 77.6 Å². The molecule has 0 aliphatic carbocycles. The highest BCUT2D eigenvalue weighted by atomic mass is 32.1. The Morgan fingerprint density at radius 1 is 1.09 bits per heavy atom. The Bertz CT molecular complexity index is 1290. The fraction of sp³-hybridized carbons (Fsp3) is 0.185. The minimum Gasteiger partial charge on any atom is -0.493 e. The van der Waals surface area contributed by atoms with Crippen LogP contribution < -0.4 is 19.7 Å². The average molecular weight is 472 g/mol. The lowest BCUT2D eigenvalue weighted by atomic mass is 10.1. The van der Waals surface area contributed by atoms with E-state index < -0.39 is 0 Å². The van der Waals surface area contributed by atoms with Crippen LogP contribution in [0.3, 0.4) is 0 Å². The third-order valence-electron chi connectivity index (χ3n) is 5.89. The number of amides is 1. The minimum absolute atomic E-state index is 0.196. The van der Waals surface area contributed by atoms with Gasteiger partial charge in [0.2, 0.25) is 0 Å². The normalized spacial score (nSPS) is 12.3. The maximum Gasteiger partial charge on any atom is 0.255 e. The molecule has 0 saturated carbocycles. The van der Waals surface area contributed by atoms with Crippen LogP contribution in [0.25, 0.3) is 0 Å². The van der Waals surface area contributed by atoms with Crippen LogP contribution in [0.1, 0.15) is 27.2 Å². The molecule has 1 aromatic heterocycles. The van der Waals surface area contributed by atoms with Gasteiger partial charge in [0.25, 0.3) is 5.91 Å². The van der Waals surface area contributed by atoms with Gasteiger partial charge in [-0.3, -0.25) is 4.79 Å². The fourth-order valence-corrected chi connectivity index (χ4v) is 4.68. The van der Waals surface area contributed by atoms with Crippen molar-refractivity contribution in [3.63, 3.8) is 0 Å². The number of fused-ring (bicyclic) bond motifs is 1. The largest absolute Gasteiger partial charge is 0.493 e. The molecule has 1 amide bonds. The lowest BCUT2D eigenvalue weighted by Gasteiger charge is -2.21. The Labute approximate surface area is 202 Å². The standard InChI is InChI=1S/C27H25N3O3S/c1-32-26-14-20(10-11-25(26)33-16-22-17-34-18-28-22)27(31)29-23-8-4-2-7-21(23)15-30-13-12-19-6-3-5-9-24(19)30/h2-11,14,17-18H,12-13,15-16H2,1H3,(H,29,31). The number of thiazole rings is 1. The zero-order valence-electron chi connectivity index (χ0n) is 18.9. The monoisotopic (exact) mass is 471 g/mol. The number of methoxy groups -OCH3 is 1. The topological polar surface area (TPSA) is 63.7 Å². The molecule has 4 aromatic rings. The lowest BCUT2D eigenvalue weighted by molar-refractivity contribution is 0.102. The zero-order valence-corrected chi connectivity index (χ0v) is 19.7. The first kappa shape index (κ1) is 22.0. The Morgan fingerprint density at radius 3 is 2.79 bits per heavy atom. The Morgan fingerprint density at radius 2 is 1.94 bits per heavy atom. The molecule has 6 nitrogen and oxygen atoms in total. The van der Waals surface area contributed by atoms with Crippen molar-refractivity contribution in [2.75, 3.05) is 23.9 Å². The van der Waals surface area contributed by atoms with Crippen LogP contribution in [-0.4, -0.2) is 24.5 Å². The predicted octanol–water partition coefficient (Wildman–Crippen LogP) is 5.55. The van der Waals surface area contributed by atoms with E-state index in [2.05, 4.69) is 45.5 Å². The number of carbonyl (C=O) groups excluding carboxylic acids is 1. The van der Waals surface area contributed by atoms with Crippen molar-refractivity contribution in [2.45, 2.75) is 19.6 Å². The SMILES string of the molecule is COc1cc(C(=O)Nc2ccccc2CN2CCc3ccccc32)ccc1OCc1cscn1. The van der Waals surface area contributed by atoms with Gasteiger partial charge in [-0.1, -0.05) is 36.4 Å². The second-order valence-electron chi connectivity index (χ2n) is 8.05. The van der Waals surface area contributed by atoms with E-state index in [9.17, 15) is 4.79 Å². The maximum absolute atomic E-state index is 13.1. The second-order valence-corrected chi connectivity index (χ2v) is 8.76. The van der Waals surface area contributed by atoms with E-state index in [0.717, 1.165) is 36.5 Å². The number of para-hydroxylation sites is 2. The minimum atomic E-state index is -0.196. The number of nitrogens with zero attached hydrogens (tertiary/aromatic N) is 2. The van der Waals surface area contributed by atoms with Crippen LogP contribution in [0.2, 0.25) is 0 Å². The maximum atomic E-state index is 13.1. The van der Waals surface area contributed by atoms with Crippen molar-refractivity contribution in [1.82, 2.24) is 4.98 Å². The molecule has 0 bridgehead atoms. The molecule has 7 heteroatoms. The summed E-state index contributed by atoms with van der Waals surface area (Å²) in [6.07, 6.45) is 1.04. The van der Waals surface area contributed by atoms with Gasteiger partial charge in [-0.2, -0.15) is 0 Å². The Balaban J connectivity index is 1.30. The number of carbonyl (C=O) groups is 1. The molecular weight excluding hydrogens is 446 g/mol. The van der Waals surface area contributed by atoms with Gasteiger partial charge in [0, 0.05) is 35.4 Å².